The molecule has 0 saturated carbocycles. The second kappa shape index (κ2) is 7.46. The Morgan fingerprint density at radius 2 is 1.72 bits per heavy atom. The highest BCUT2D eigenvalue weighted by molar-refractivity contribution is 5.35. The fraction of sp³-hybridized carbons (Fsp3) is 0.455. The minimum Gasteiger partial charge on any atom is -0.497 e. The standard InChI is InChI=1S/C11H15NO2.NO3/c1-13-11-4-2-10(3-5-11)12-6-8-14-9-7-12;2-1(3)4/h2-5H,6-9H2,1H3;/q;-1/p+1. The van der Waals surface area contributed by atoms with Crippen molar-refractivity contribution in [2.75, 3.05) is 33.4 Å². The molecular weight excluding hydrogens is 240 g/mol. The molecule has 0 unspecified atom stereocenters. The Hall–Kier alpha value is -1.86. The van der Waals surface area contributed by atoms with E-state index in [0.29, 0.717) is 0 Å². The molecule has 100 valence electrons. The van der Waals surface area contributed by atoms with E-state index in [0.717, 1.165) is 32.1 Å². The van der Waals surface area contributed by atoms with E-state index in [1.54, 1.807) is 7.11 Å². The lowest BCUT2D eigenvalue weighted by molar-refractivity contribution is -0.842. The maximum Gasteiger partial charge on any atom is 0.131 e. The first kappa shape index (κ1) is 14.2. The molecule has 1 aliphatic rings. The average molecular weight is 256 g/mol. The van der Waals surface area contributed by atoms with Crippen LogP contribution < -0.4 is 9.64 Å². The number of nitrogens with one attached hydrogen (secondary N) is 1. The molecule has 0 aliphatic carbocycles. The molecule has 1 aromatic rings. The number of ether oxygens (including phenoxy) is 2. The van der Waals surface area contributed by atoms with E-state index in [1.165, 1.54) is 10.6 Å². The first-order valence-electron chi connectivity index (χ1n) is 5.52. The van der Waals surface area contributed by atoms with E-state index in [-0.39, 0.29) is 0 Å². The van der Waals surface area contributed by atoms with Gasteiger partial charge in [0.2, 0.25) is 0 Å². The van der Waals surface area contributed by atoms with Crippen LogP contribution in [0.25, 0.3) is 0 Å². The third kappa shape index (κ3) is 4.98. The lowest BCUT2D eigenvalue weighted by Crippen LogP contribution is -3.09. The molecular formula is C11H16N2O5. The van der Waals surface area contributed by atoms with Crippen LogP contribution in [0.1, 0.15) is 0 Å². The third-order valence-corrected chi connectivity index (χ3v) is 2.59. The van der Waals surface area contributed by atoms with E-state index in [2.05, 4.69) is 12.1 Å². The second-order valence-corrected chi connectivity index (χ2v) is 3.67. The largest absolute Gasteiger partial charge is 0.497 e. The predicted molar refractivity (Wildman–Crippen MR) is 64.5 cm³/mol. The first-order chi connectivity index (χ1) is 8.63. The Balaban J connectivity index is 0.000000357. The van der Waals surface area contributed by atoms with Gasteiger partial charge in [-0.25, -0.2) is 0 Å². The summed E-state index contributed by atoms with van der Waals surface area (Å²) in [4.78, 5) is 9.75. The Morgan fingerprint density at radius 1 is 1.22 bits per heavy atom. The van der Waals surface area contributed by atoms with Crippen LogP contribution in [-0.2, 0) is 4.74 Å². The third-order valence-electron chi connectivity index (χ3n) is 2.59. The molecule has 0 amide bonds. The summed E-state index contributed by atoms with van der Waals surface area (Å²) < 4.78 is 10.4. The van der Waals surface area contributed by atoms with E-state index in [1.807, 2.05) is 12.1 Å². The van der Waals surface area contributed by atoms with Crippen LogP contribution in [0, 0.1) is 15.3 Å². The number of nitrogens with zero attached hydrogens (tertiary/aromatic N) is 1. The van der Waals surface area contributed by atoms with Crippen LogP contribution in [0.3, 0.4) is 0 Å². The Morgan fingerprint density at radius 3 is 2.17 bits per heavy atom. The number of morpholine rings is 1. The lowest BCUT2D eigenvalue weighted by Gasteiger charge is -2.23. The van der Waals surface area contributed by atoms with Gasteiger partial charge in [-0.3, -0.25) is 4.90 Å². The first-order valence-corrected chi connectivity index (χ1v) is 5.52. The van der Waals surface area contributed by atoms with Crippen molar-refractivity contribution in [2.24, 2.45) is 0 Å². The van der Waals surface area contributed by atoms with Gasteiger partial charge in [0.1, 0.15) is 24.5 Å². The minimum absolute atomic E-state index is 0.862. The van der Waals surface area contributed by atoms with Crippen LogP contribution in [-0.4, -0.2) is 38.5 Å². The number of quaternary nitrogens is 1. The van der Waals surface area contributed by atoms with Crippen LogP contribution in [0.5, 0.6) is 5.75 Å². The quantitative estimate of drug-likeness (QED) is 0.594. The highest BCUT2D eigenvalue weighted by atomic mass is 16.9. The zero-order valence-electron chi connectivity index (χ0n) is 10.1. The lowest BCUT2D eigenvalue weighted by atomic mass is 10.2. The highest BCUT2D eigenvalue weighted by Crippen LogP contribution is 2.12. The van der Waals surface area contributed by atoms with Gasteiger partial charge in [0.15, 0.2) is 0 Å². The van der Waals surface area contributed by atoms with Crippen molar-refractivity contribution >= 4 is 5.69 Å². The van der Waals surface area contributed by atoms with Crippen molar-refractivity contribution in [2.45, 2.75) is 0 Å². The second-order valence-electron chi connectivity index (χ2n) is 3.67. The Bertz CT molecular complexity index is 358. The minimum atomic E-state index is -1.75. The molecule has 2 rings (SSSR count). The van der Waals surface area contributed by atoms with Gasteiger partial charge in [0, 0.05) is 12.1 Å². The van der Waals surface area contributed by atoms with Crippen molar-refractivity contribution < 1.29 is 19.5 Å². The van der Waals surface area contributed by atoms with Crippen molar-refractivity contribution in [1.29, 1.82) is 0 Å². The monoisotopic (exact) mass is 256 g/mol. The molecule has 1 saturated heterocycles. The van der Waals surface area contributed by atoms with Crippen LogP contribution in [0.2, 0.25) is 0 Å². The van der Waals surface area contributed by atoms with Gasteiger partial charge in [-0.15, -0.1) is 0 Å². The van der Waals surface area contributed by atoms with Crippen molar-refractivity contribution in [3.05, 3.63) is 39.6 Å². The fourth-order valence-electron chi connectivity index (χ4n) is 1.73. The average Bonchev–Trinajstić information content (AvgIpc) is 2.39. The summed E-state index contributed by atoms with van der Waals surface area (Å²) in [7, 11) is 1.69. The molecule has 7 nitrogen and oxygen atoms in total. The Kier molecular flexibility index (Phi) is 5.89. The van der Waals surface area contributed by atoms with Crippen LogP contribution in [0.4, 0.5) is 5.69 Å². The molecule has 18 heavy (non-hydrogen) atoms. The van der Waals surface area contributed by atoms with Gasteiger partial charge < -0.3 is 24.8 Å². The topological polar surface area (TPSA) is 89.1 Å². The molecule has 1 heterocycles. The van der Waals surface area contributed by atoms with Gasteiger partial charge in [-0.05, 0) is 12.1 Å². The fourth-order valence-corrected chi connectivity index (χ4v) is 1.73. The van der Waals surface area contributed by atoms with Crippen LogP contribution in [0.15, 0.2) is 24.3 Å². The zero-order chi connectivity index (χ0) is 13.4. The summed E-state index contributed by atoms with van der Waals surface area (Å²) in [6.45, 7) is 3.85. The summed E-state index contributed by atoms with van der Waals surface area (Å²) >= 11 is 0. The van der Waals surface area contributed by atoms with Gasteiger partial charge in [0.25, 0.3) is 0 Å². The maximum absolute atomic E-state index is 8.25. The molecule has 0 bridgehead atoms. The predicted octanol–water partition coefficient (Wildman–Crippen LogP) is 0.00270. The summed E-state index contributed by atoms with van der Waals surface area (Å²) in [5.41, 5.74) is 1.33. The van der Waals surface area contributed by atoms with E-state index in [4.69, 9.17) is 24.8 Å². The van der Waals surface area contributed by atoms with Gasteiger partial charge in [0.05, 0.1) is 25.4 Å². The van der Waals surface area contributed by atoms with Gasteiger partial charge in [-0.2, -0.15) is 0 Å². The van der Waals surface area contributed by atoms with E-state index >= 15 is 0 Å². The maximum atomic E-state index is 8.25. The molecule has 0 atom stereocenters. The molecule has 0 radical (unpaired) electrons. The molecule has 1 aliphatic heterocycles. The summed E-state index contributed by atoms with van der Waals surface area (Å²) in [6, 6.07) is 8.27. The van der Waals surface area contributed by atoms with Crippen molar-refractivity contribution in [3.63, 3.8) is 0 Å². The van der Waals surface area contributed by atoms with E-state index < -0.39 is 5.09 Å². The van der Waals surface area contributed by atoms with Gasteiger partial charge >= 0.3 is 0 Å². The zero-order valence-corrected chi connectivity index (χ0v) is 10.1. The summed E-state index contributed by atoms with van der Waals surface area (Å²) in [6.07, 6.45) is 0. The normalized spacial score (nSPS) is 15.4. The summed E-state index contributed by atoms with van der Waals surface area (Å²) in [5, 5.41) is 14.8. The molecule has 1 N–H and O–H groups in total. The summed E-state index contributed by atoms with van der Waals surface area (Å²) in [5.74, 6) is 0.918. The number of hydrogen-bond donors (Lipinski definition) is 1. The van der Waals surface area contributed by atoms with Crippen LogP contribution >= 0.6 is 0 Å². The molecule has 0 aromatic heterocycles. The number of benzene rings is 1. The Labute approximate surface area is 105 Å². The number of rotatable bonds is 2. The van der Waals surface area contributed by atoms with Crippen molar-refractivity contribution in [1.82, 2.24) is 0 Å². The molecule has 1 fully saturated rings. The number of hydrogen-bond acceptors (Lipinski definition) is 5. The SMILES string of the molecule is COc1ccc([NH+]2CCOCC2)cc1.O=[N+]([O-])[O-]. The highest BCUT2D eigenvalue weighted by Gasteiger charge is 2.15. The molecule has 1 aromatic carbocycles. The number of methoxy groups -OCH3 is 1. The van der Waals surface area contributed by atoms with E-state index in [9.17, 15) is 0 Å². The molecule has 0 spiro atoms. The smallest absolute Gasteiger partial charge is 0.131 e. The van der Waals surface area contributed by atoms with Crippen molar-refractivity contribution in [3.8, 4) is 5.75 Å². The molecule has 7 heteroatoms. The van der Waals surface area contributed by atoms with Gasteiger partial charge in [-0.1, -0.05) is 0 Å².